The van der Waals surface area contributed by atoms with Gasteiger partial charge in [0.15, 0.2) is 5.11 Å². The van der Waals surface area contributed by atoms with E-state index < -0.39 is 0 Å². The Balaban J connectivity index is 1.68. The highest BCUT2D eigenvalue weighted by Crippen LogP contribution is 2.22. The van der Waals surface area contributed by atoms with Gasteiger partial charge in [0.1, 0.15) is 5.75 Å². The summed E-state index contributed by atoms with van der Waals surface area (Å²) in [6, 6.07) is 21.9. The minimum Gasteiger partial charge on any atom is -0.496 e. The summed E-state index contributed by atoms with van der Waals surface area (Å²) in [6.45, 7) is 0.477. The summed E-state index contributed by atoms with van der Waals surface area (Å²) in [7, 11) is 3.32. The Morgan fingerprint density at radius 2 is 1.72 bits per heavy atom. The molecule has 2 N–H and O–H groups in total. The molecule has 0 heterocycles. The molecule has 0 saturated heterocycles. The predicted octanol–water partition coefficient (Wildman–Crippen LogP) is 4.70. The first-order chi connectivity index (χ1) is 15.4. The Morgan fingerprint density at radius 1 is 1.03 bits per heavy atom. The Kier molecular flexibility index (Phi) is 8.18. The van der Waals surface area contributed by atoms with Crippen LogP contribution in [0.5, 0.6) is 5.75 Å². The molecule has 0 aromatic heterocycles. The van der Waals surface area contributed by atoms with Crippen LogP contribution in [-0.2, 0) is 6.54 Å². The van der Waals surface area contributed by atoms with Gasteiger partial charge in [0, 0.05) is 19.2 Å². The number of hydrogen-bond donors (Lipinski definition) is 2. The van der Waals surface area contributed by atoms with Crippen LogP contribution in [0.3, 0.4) is 0 Å². The van der Waals surface area contributed by atoms with E-state index in [9.17, 15) is 9.59 Å². The largest absolute Gasteiger partial charge is 0.496 e. The quantitative estimate of drug-likeness (QED) is 0.339. The lowest BCUT2D eigenvalue weighted by molar-refractivity contribution is 0.0786. The molecule has 32 heavy (non-hydrogen) atoms. The lowest BCUT2D eigenvalue weighted by atomic mass is 10.1. The maximum atomic E-state index is 13.0. The van der Waals surface area contributed by atoms with E-state index in [1.54, 1.807) is 61.5 Å². The van der Waals surface area contributed by atoms with Gasteiger partial charge < -0.3 is 15.0 Å². The minimum absolute atomic E-state index is 0.104. The summed E-state index contributed by atoms with van der Waals surface area (Å²) >= 11 is 7.42. The van der Waals surface area contributed by atoms with Crippen molar-refractivity contribution in [3.63, 3.8) is 0 Å². The summed E-state index contributed by atoms with van der Waals surface area (Å²) in [4.78, 5) is 27.2. The van der Waals surface area contributed by atoms with Crippen molar-refractivity contribution in [1.29, 1.82) is 0 Å². The van der Waals surface area contributed by atoms with Gasteiger partial charge in [-0.25, -0.2) is 0 Å². The number of ether oxygens (including phenoxy) is 1. The second-order valence-electron chi connectivity index (χ2n) is 6.95. The second kappa shape index (κ2) is 11.1. The van der Waals surface area contributed by atoms with Crippen molar-refractivity contribution in [3.05, 3.63) is 93.1 Å². The van der Waals surface area contributed by atoms with Gasteiger partial charge in [-0.05, 0) is 70.7 Å². The number of benzene rings is 3. The third-order valence-corrected chi connectivity index (χ3v) is 5.70. The fraction of sp³-hybridized carbons (Fsp3) is 0.125. The Labute approximate surface area is 206 Å². The molecule has 0 bridgehead atoms. The molecule has 164 valence electrons. The summed E-state index contributed by atoms with van der Waals surface area (Å²) in [5.41, 5.74) is 2.46. The number of anilines is 1. The number of para-hydroxylation sites is 1. The lowest BCUT2D eigenvalue weighted by Gasteiger charge is -2.20. The molecule has 0 radical (unpaired) electrons. The zero-order valence-corrected chi connectivity index (χ0v) is 20.6. The highest BCUT2D eigenvalue weighted by molar-refractivity contribution is 14.1. The molecule has 3 rings (SSSR count). The number of nitrogens with one attached hydrogen (secondary N) is 2. The Morgan fingerprint density at radius 3 is 2.41 bits per heavy atom. The number of rotatable bonds is 6. The van der Waals surface area contributed by atoms with Crippen molar-refractivity contribution in [1.82, 2.24) is 10.2 Å². The van der Waals surface area contributed by atoms with E-state index in [1.165, 1.54) is 0 Å². The van der Waals surface area contributed by atoms with E-state index in [2.05, 4.69) is 33.2 Å². The third kappa shape index (κ3) is 6.04. The number of hydrogen-bond acceptors (Lipinski definition) is 4. The van der Waals surface area contributed by atoms with E-state index in [1.807, 2.05) is 30.3 Å². The van der Waals surface area contributed by atoms with Gasteiger partial charge in [0.05, 0.1) is 21.9 Å². The number of thiocarbonyl (C=S) groups is 1. The van der Waals surface area contributed by atoms with Crippen molar-refractivity contribution in [2.45, 2.75) is 6.54 Å². The van der Waals surface area contributed by atoms with Crippen LogP contribution in [-0.4, -0.2) is 36.0 Å². The zero-order chi connectivity index (χ0) is 23.1. The molecule has 6 nitrogen and oxygen atoms in total. The Hall–Kier alpha value is -2.98. The summed E-state index contributed by atoms with van der Waals surface area (Å²) in [5.74, 6) is 0.179. The van der Waals surface area contributed by atoms with Gasteiger partial charge in [-0.3, -0.25) is 14.9 Å². The monoisotopic (exact) mass is 559 g/mol. The van der Waals surface area contributed by atoms with Crippen molar-refractivity contribution in [2.75, 3.05) is 19.5 Å². The number of methoxy groups -OCH3 is 1. The number of amides is 2. The summed E-state index contributed by atoms with van der Waals surface area (Å²) < 4.78 is 6.03. The molecule has 0 spiro atoms. The average Bonchev–Trinajstić information content (AvgIpc) is 2.79. The molecule has 0 atom stereocenters. The number of carbonyl (C=O) groups excluding carboxylic acids is 2. The van der Waals surface area contributed by atoms with Gasteiger partial charge in [0.2, 0.25) is 0 Å². The van der Waals surface area contributed by atoms with Crippen LogP contribution in [0, 0.1) is 3.57 Å². The van der Waals surface area contributed by atoms with Gasteiger partial charge in [-0.2, -0.15) is 0 Å². The molecule has 8 heteroatoms. The van der Waals surface area contributed by atoms with Gasteiger partial charge >= 0.3 is 0 Å². The fourth-order valence-corrected chi connectivity index (χ4v) is 3.99. The summed E-state index contributed by atoms with van der Waals surface area (Å²) in [5, 5.41) is 5.73. The van der Waals surface area contributed by atoms with E-state index in [-0.39, 0.29) is 16.9 Å². The SMILES string of the molecule is COc1ccc(C(=O)NC(=S)Nc2ccccc2C(=O)N(C)Cc2ccccc2)cc1I. The van der Waals surface area contributed by atoms with Crippen molar-refractivity contribution in [3.8, 4) is 5.75 Å². The highest BCUT2D eigenvalue weighted by Gasteiger charge is 2.17. The van der Waals surface area contributed by atoms with Crippen LogP contribution >= 0.6 is 34.8 Å². The topological polar surface area (TPSA) is 70.7 Å². The Bertz CT molecular complexity index is 1140. The maximum Gasteiger partial charge on any atom is 0.257 e. The number of halogens is 1. The predicted molar refractivity (Wildman–Crippen MR) is 138 cm³/mol. The first-order valence-electron chi connectivity index (χ1n) is 9.73. The summed E-state index contributed by atoms with van der Waals surface area (Å²) in [6.07, 6.45) is 0. The highest BCUT2D eigenvalue weighted by atomic mass is 127. The molecule has 0 aliphatic carbocycles. The molecule has 0 fully saturated rings. The van der Waals surface area contributed by atoms with Crippen LogP contribution in [0.15, 0.2) is 72.8 Å². The van der Waals surface area contributed by atoms with Gasteiger partial charge in [-0.1, -0.05) is 42.5 Å². The number of nitrogens with zero attached hydrogens (tertiary/aromatic N) is 1. The van der Waals surface area contributed by atoms with Crippen LogP contribution < -0.4 is 15.4 Å². The molecule has 0 unspecified atom stereocenters. The molecule has 3 aromatic carbocycles. The number of carbonyl (C=O) groups is 2. The second-order valence-corrected chi connectivity index (χ2v) is 8.52. The molecule has 0 aliphatic rings. The fourth-order valence-electron chi connectivity index (χ4n) is 3.05. The van der Waals surface area contributed by atoms with Crippen LogP contribution in [0.25, 0.3) is 0 Å². The van der Waals surface area contributed by atoms with Crippen LogP contribution in [0.2, 0.25) is 0 Å². The molecular formula is C24H22IN3O3S. The first kappa shape index (κ1) is 23.7. The molecule has 0 aliphatic heterocycles. The van der Waals surface area contributed by atoms with Crippen molar-refractivity contribution >= 4 is 57.4 Å². The van der Waals surface area contributed by atoms with Gasteiger partial charge in [0.25, 0.3) is 11.8 Å². The lowest BCUT2D eigenvalue weighted by Crippen LogP contribution is -2.35. The molecule has 2 amide bonds. The van der Waals surface area contributed by atoms with Gasteiger partial charge in [-0.15, -0.1) is 0 Å². The van der Waals surface area contributed by atoms with Crippen molar-refractivity contribution < 1.29 is 14.3 Å². The van der Waals surface area contributed by atoms with Crippen LogP contribution in [0.4, 0.5) is 5.69 Å². The molecule has 0 saturated carbocycles. The van der Waals surface area contributed by atoms with E-state index >= 15 is 0 Å². The van der Waals surface area contributed by atoms with Crippen molar-refractivity contribution in [2.24, 2.45) is 0 Å². The van der Waals surface area contributed by atoms with E-state index in [4.69, 9.17) is 17.0 Å². The molecular weight excluding hydrogens is 537 g/mol. The van der Waals surface area contributed by atoms with E-state index in [0.29, 0.717) is 29.1 Å². The zero-order valence-electron chi connectivity index (χ0n) is 17.6. The smallest absolute Gasteiger partial charge is 0.257 e. The average molecular weight is 559 g/mol. The molecule has 3 aromatic rings. The maximum absolute atomic E-state index is 13.0. The normalized spacial score (nSPS) is 10.2. The first-order valence-corrected chi connectivity index (χ1v) is 11.2. The minimum atomic E-state index is -0.354. The standard InChI is InChI=1S/C24H22IN3O3S/c1-28(15-16-8-4-3-5-9-16)23(30)18-10-6-7-11-20(18)26-24(32)27-22(29)17-12-13-21(31-2)19(25)14-17/h3-14H,15H2,1-2H3,(H2,26,27,29,32). The van der Waals surface area contributed by atoms with E-state index in [0.717, 1.165) is 9.13 Å². The van der Waals surface area contributed by atoms with Crippen LogP contribution in [0.1, 0.15) is 26.3 Å². The third-order valence-electron chi connectivity index (χ3n) is 4.66.